The zero-order valence-electron chi connectivity index (χ0n) is 38.7. The van der Waals surface area contributed by atoms with Crippen LogP contribution in [0.3, 0.4) is 0 Å². The van der Waals surface area contributed by atoms with Crippen LogP contribution in [0.4, 0.5) is 34.1 Å². The van der Waals surface area contributed by atoms with Crippen molar-refractivity contribution in [2.24, 2.45) is 20.5 Å². The van der Waals surface area contributed by atoms with E-state index in [-0.39, 0.29) is 66.5 Å². The number of hydrogen-bond acceptors (Lipinski definition) is 12. The molecule has 2 amide bonds. The number of halogens is 4. The number of aryl methyl sites for hydroxylation is 2. The van der Waals surface area contributed by atoms with Crippen molar-refractivity contribution in [3.63, 3.8) is 0 Å². The molecule has 0 spiro atoms. The molecule has 0 saturated carbocycles. The molecule has 18 heteroatoms. The fourth-order valence-corrected chi connectivity index (χ4v) is 8.30. The third-order valence-corrected chi connectivity index (χ3v) is 12.7. The van der Waals surface area contributed by atoms with Gasteiger partial charge in [0.1, 0.15) is 22.9 Å². The highest BCUT2D eigenvalue weighted by atomic mass is 35.5. The van der Waals surface area contributed by atoms with Gasteiger partial charge in [-0.3, -0.25) is 9.59 Å². The molecule has 0 bridgehead atoms. The minimum absolute atomic E-state index is 0.0119. The Bertz CT molecular complexity index is 3580. The molecule has 0 aromatic heterocycles. The predicted molar refractivity (Wildman–Crippen MR) is 287 cm³/mol. The molecular formula is C56H36Cl4N6O8. The van der Waals surface area contributed by atoms with Gasteiger partial charge >= 0.3 is 11.9 Å². The first-order valence-electron chi connectivity index (χ1n) is 22.2. The van der Waals surface area contributed by atoms with Crippen LogP contribution in [0.5, 0.6) is 23.0 Å². The maximum Gasteiger partial charge on any atom is 0.343 e. The Kier molecular flexibility index (Phi) is 14.7. The first kappa shape index (κ1) is 50.3. The van der Waals surface area contributed by atoms with E-state index in [9.17, 15) is 29.4 Å². The second-order valence-corrected chi connectivity index (χ2v) is 18.2. The van der Waals surface area contributed by atoms with Gasteiger partial charge in [-0.25, -0.2) is 9.59 Å². The maximum absolute atomic E-state index is 13.8. The molecule has 0 aliphatic carbocycles. The van der Waals surface area contributed by atoms with Crippen LogP contribution in [0.2, 0.25) is 20.1 Å². The van der Waals surface area contributed by atoms with Crippen LogP contribution < -0.4 is 20.1 Å². The van der Waals surface area contributed by atoms with Gasteiger partial charge in [0.05, 0.1) is 53.7 Å². The van der Waals surface area contributed by atoms with Crippen LogP contribution in [0, 0.1) is 13.8 Å². The monoisotopic (exact) mass is 1060 g/mol. The van der Waals surface area contributed by atoms with Crippen LogP contribution in [0.1, 0.15) is 52.6 Å². The van der Waals surface area contributed by atoms with Gasteiger partial charge in [0.25, 0.3) is 11.8 Å². The molecule has 14 nitrogen and oxygen atoms in total. The van der Waals surface area contributed by atoms with Crippen LogP contribution in [0.25, 0.3) is 21.5 Å². The van der Waals surface area contributed by atoms with Crippen molar-refractivity contribution in [1.29, 1.82) is 0 Å². The number of nitrogens with one attached hydrogen (secondary N) is 2. The number of benzene rings is 9. The lowest BCUT2D eigenvalue weighted by Crippen LogP contribution is -2.13. The standard InChI is InChI=1S/C56H36Cl4N6O8/c1-29-19-33(55(71)73-39-15-17-45(57)47(59)27-39)23-37(21-29)63-65-49-41-9-5-3-7-31(41)25-43(51(49)67)53(69)61-35-11-13-36(14-12-35)62-54(70)44-26-32-8-4-6-10-42(32)50(52(44)68)66-64-38-22-30(2)20-34(24-38)56(72)74-40-16-18-46(58)48(60)28-40/h3-28,67-68H,1-2H3,(H,61,69)(H,62,70). The molecule has 0 atom stereocenters. The zero-order chi connectivity index (χ0) is 52.2. The molecule has 0 unspecified atom stereocenters. The van der Waals surface area contributed by atoms with Gasteiger partial charge in [-0.2, -0.15) is 10.2 Å². The van der Waals surface area contributed by atoms with E-state index in [2.05, 4.69) is 31.1 Å². The third kappa shape index (κ3) is 11.3. The number of hydrogen-bond donors (Lipinski definition) is 4. The number of rotatable bonds is 12. The summed E-state index contributed by atoms with van der Waals surface area (Å²) >= 11 is 24.2. The van der Waals surface area contributed by atoms with E-state index in [1.54, 1.807) is 111 Å². The van der Waals surface area contributed by atoms with Gasteiger partial charge < -0.3 is 30.3 Å². The van der Waals surface area contributed by atoms with Gasteiger partial charge in [-0.1, -0.05) is 94.9 Å². The Hall–Kier alpha value is -8.66. The number of anilines is 2. The van der Waals surface area contributed by atoms with Crippen LogP contribution >= 0.6 is 46.4 Å². The Balaban J connectivity index is 0.908. The molecule has 9 aromatic rings. The molecule has 4 N–H and O–H groups in total. The maximum atomic E-state index is 13.8. The summed E-state index contributed by atoms with van der Waals surface area (Å²) in [5.41, 5.74) is 2.72. The molecule has 0 radical (unpaired) electrons. The first-order valence-corrected chi connectivity index (χ1v) is 23.7. The quantitative estimate of drug-likeness (QED) is 0.0526. The summed E-state index contributed by atoms with van der Waals surface area (Å²) < 4.78 is 11.0. The number of phenolic OH excluding ortho intramolecular Hbond substituents is 2. The Labute approximate surface area is 441 Å². The van der Waals surface area contributed by atoms with Crippen molar-refractivity contribution in [1.82, 2.24) is 0 Å². The van der Waals surface area contributed by atoms with Crippen molar-refractivity contribution in [3.05, 3.63) is 211 Å². The molecule has 366 valence electrons. The van der Waals surface area contributed by atoms with Crippen LogP contribution in [-0.4, -0.2) is 34.0 Å². The van der Waals surface area contributed by atoms with Crippen molar-refractivity contribution >= 4 is 126 Å². The minimum Gasteiger partial charge on any atom is -0.505 e. The van der Waals surface area contributed by atoms with E-state index < -0.39 is 35.3 Å². The molecule has 0 heterocycles. The number of aromatic hydroxyl groups is 2. The summed E-state index contributed by atoms with van der Waals surface area (Å²) in [6.07, 6.45) is 0. The SMILES string of the molecule is Cc1cc(N=Nc2c(O)c(C(=O)Nc3ccc(NC(=O)c4cc5ccccc5c(N=Nc5cc(C)cc(C(=O)Oc6ccc(Cl)c(Cl)c6)c5)c4O)cc3)cc3ccccc23)cc(C(=O)Oc2ccc(Cl)c(Cl)c2)c1. The molecule has 0 aliphatic heterocycles. The Morgan fingerprint density at radius 2 is 0.838 bits per heavy atom. The lowest BCUT2D eigenvalue weighted by molar-refractivity contribution is 0.0725. The van der Waals surface area contributed by atoms with Crippen molar-refractivity contribution < 1.29 is 38.9 Å². The number of amides is 2. The lowest BCUT2D eigenvalue weighted by atomic mass is 10.0. The summed E-state index contributed by atoms with van der Waals surface area (Å²) in [6, 6.07) is 41.7. The summed E-state index contributed by atoms with van der Waals surface area (Å²) in [5, 5.41) is 49.3. The van der Waals surface area contributed by atoms with E-state index in [0.717, 1.165) is 0 Å². The minimum atomic E-state index is -0.676. The van der Waals surface area contributed by atoms with E-state index in [1.165, 1.54) is 60.7 Å². The number of fused-ring (bicyclic) bond motifs is 2. The van der Waals surface area contributed by atoms with Crippen molar-refractivity contribution in [3.8, 4) is 23.0 Å². The summed E-state index contributed by atoms with van der Waals surface area (Å²) in [4.78, 5) is 53.9. The van der Waals surface area contributed by atoms with Gasteiger partial charge in [0.2, 0.25) is 0 Å². The van der Waals surface area contributed by atoms with Gasteiger partial charge in [0, 0.05) is 34.3 Å². The highest BCUT2D eigenvalue weighted by Crippen LogP contribution is 2.42. The van der Waals surface area contributed by atoms with E-state index in [4.69, 9.17) is 55.9 Å². The predicted octanol–water partition coefficient (Wildman–Crippen LogP) is 16.4. The van der Waals surface area contributed by atoms with Crippen LogP contribution in [-0.2, 0) is 0 Å². The normalized spacial score (nSPS) is 11.3. The van der Waals surface area contributed by atoms with E-state index in [1.807, 2.05) is 0 Å². The zero-order valence-corrected chi connectivity index (χ0v) is 41.7. The van der Waals surface area contributed by atoms with E-state index in [0.29, 0.717) is 54.1 Å². The molecule has 74 heavy (non-hydrogen) atoms. The second kappa shape index (κ2) is 21.6. The van der Waals surface area contributed by atoms with Gasteiger partial charge in [-0.15, -0.1) is 10.2 Å². The number of phenols is 2. The summed E-state index contributed by atoms with van der Waals surface area (Å²) in [5.74, 6) is -3.19. The number of azo groups is 2. The number of carbonyl (C=O) groups is 4. The highest BCUT2D eigenvalue weighted by molar-refractivity contribution is 6.42. The summed E-state index contributed by atoms with van der Waals surface area (Å²) in [7, 11) is 0. The molecular weight excluding hydrogens is 1030 g/mol. The second-order valence-electron chi connectivity index (χ2n) is 16.6. The molecule has 9 rings (SSSR count). The number of nitrogens with zero attached hydrogens (tertiary/aromatic N) is 4. The average molecular weight is 1060 g/mol. The highest BCUT2D eigenvalue weighted by Gasteiger charge is 2.22. The first-order chi connectivity index (χ1) is 35.6. The smallest absolute Gasteiger partial charge is 0.343 e. The van der Waals surface area contributed by atoms with Crippen molar-refractivity contribution in [2.45, 2.75) is 13.8 Å². The molecule has 0 fully saturated rings. The lowest BCUT2D eigenvalue weighted by Gasteiger charge is -2.13. The topological polar surface area (TPSA) is 201 Å². The van der Waals surface area contributed by atoms with Gasteiger partial charge in [0.15, 0.2) is 11.5 Å². The largest absolute Gasteiger partial charge is 0.505 e. The molecule has 9 aromatic carbocycles. The number of ether oxygens (including phenoxy) is 2. The number of esters is 2. The van der Waals surface area contributed by atoms with Crippen molar-refractivity contribution in [2.75, 3.05) is 10.6 Å². The number of carbonyl (C=O) groups excluding carboxylic acids is 4. The van der Waals surface area contributed by atoms with Crippen LogP contribution in [0.15, 0.2) is 178 Å². The Morgan fingerprint density at radius 3 is 1.23 bits per heavy atom. The van der Waals surface area contributed by atoms with E-state index >= 15 is 0 Å². The fourth-order valence-electron chi connectivity index (χ4n) is 7.72. The summed E-state index contributed by atoms with van der Waals surface area (Å²) in [6.45, 7) is 3.53. The Morgan fingerprint density at radius 1 is 0.446 bits per heavy atom. The third-order valence-electron chi connectivity index (χ3n) is 11.2. The fraction of sp³-hybridized carbons (Fsp3) is 0.0357. The molecule has 0 saturated heterocycles. The molecule has 0 aliphatic rings. The average Bonchev–Trinajstić information content (AvgIpc) is 3.38. The van der Waals surface area contributed by atoms with Gasteiger partial charge in [-0.05, 0) is 133 Å².